The Morgan fingerprint density at radius 1 is 1.33 bits per heavy atom. The zero-order valence-electron chi connectivity index (χ0n) is 10.9. The van der Waals surface area contributed by atoms with Crippen molar-refractivity contribution in [3.8, 4) is 5.69 Å². The van der Waals surface area contributed by atoms with E-state index < -0.39 is 0 Å². The maximum absolute atomic E-state index is 12.1. The van der Waals surface area contributed by atoms with Gasteiger partial charge in [0.2, 0.25) is 0 Å². The number of para-hydroxylation sites is 1. The molecule has 0 bridgehead atoms. The summed E-state index contributed by atoms with van der Waals surface area (Å²) in [5.74, 6) is 0.00714. The summed E-state index contributed by atoms with van der Waals surface area (Å²) in [6.45, 7) is 3.92. The quantitative estimate of drug-likeness (QED) is 0.893. The van der Waals surface area contributed by atoms with E-state index in [4.69, 9.17) is 0 Å². The molecule has 2 rings (SSSR count). The zero-order chi connectivity index (χ0) is 13.3. The maximum atomic E-state index is 12.1. The lowest BCUT2D eigenvalue weighted by Crippen LogP contribution is -2.22. The van der Waals surface area contributed by atoms with Crippen LogP contribution < -0.4 is 5.69 Å². The molecular weight excluding hydrogens is 228 g/mol. The molecule has 1 atom stereocenters. The second-order valence-corrected chi connectivity index (χ2v) is 4.64. The molecule has 1 unspecified atom stereocenters. The zero-order valence-corrected chi connectivity index (χ0v) is 10.9. The van der Waals surface area contributed by atoms with Crippen molar-refractivity contribution in [1.29, 1.82) is 0 Å². The number of hydrogen-bond acceptors (Lipinski definition) is 2. The average Bonchev–Trinajstić information content (AvgIpc) is 2.62. The molecule has 4 heteroatoms. The molecule has 0 fully saturated rings. The molecule has 18 heavy (non-hydrogen) atoms. The number of aliphatic hydroxyl groups is 1. The van der Waals surface area contributed by atoms with Gasteiger partial charge in [-0.2, -0.15) is 0 Å². The van der Waals surface area contributed by atoms with Crippen LogP contribution in [0.3, 0.4) is 0 Å². The van der Waals surface area contributed by atoms with Gasteiger partial charge >= 0.3 is 5.69 Å². The van der Waals surface area contributed by atoms with Crippen molar-refractivity contribution in [2.45, 2.75) is 19.8 Å². The molecular formula is C14H18N2O2. The van der Waals surface area contributed by atoms with Crippen molar-refractivity contribution < 1.29 is 5.11 Å². The number of nitrogens with zero attached hydrogens (tertiary/aromatic N) is 2. The normalized spacial score (nSPS) is 12.7. The standard InChI is InChI=1S/C14H18N2O2/c1-10(9-17)12-6-4-5-7-13(12)16-11(2)8-15(3)14(16)18/h4-8,10,17H,9H2,1-3H3. The fraction of sp³-hybridized carbons (Fsp3) is 0.357. The van der Waals surface area contributed by atoms with Crippen molar-refractivity contribution >= 4 is 0 Å². The van der Waals surface area contributed by atoms with E-state index in [1.807, 2.05) is 44.3 Å². The lowest BCUT2D eigenvalue weighted by Gasteiger charge is -2.15. The fourth-order valence-corrected chi connectivity index (χ4v) is 2.20. The van der Waals surface area contributed by atoms with Gasteiger partial charge in [0.15, 0.2) is 0 Å². The van der Waals surface area contributed by atoms with Crippen LogP contribution in [0.2, 0.25) is 0 Å². The van der Waals surface area contributed by atoms with Gasteiger partial charge in [-0.3, -0.25) is 4.57 Å². The van der Waals surface area contributed by atoms with Gasteiger partial charge in [-0.25, -0.2) is 4.79 Å². The van der Waals surface area contributed by atoms with E-state index in [9.17, 15) is 9.90 Å². The van der Waals surface area contributed by atoms with Gasteiger partial charge in [0.1, 0.15) is 0 Å². The van der Waals surface area contributed by atoms with E-state index in [-0.39, 0.29) is 18.2 Å². The Morgan fingerprint density at radius 3 is 2.56 bits per heavy atom. The first kappa shape index (κ1) is 12.6. The van der Waals surface area contributed by atoms with Crippen molar-refractivity contribution in [1.82, 2.24) is 9.13 Å². The molecule has 2 aromatic rings. The number of hydrogen-bond donors (Lipinski definition) is 1. The molecule has 96 valence electrons. The molecule has 1 aromatic carbocycles. The van der Waals surface area contributed by atoms with E-state index >= 15 is 0 Å². The summed E-state index contributed by atoms with van der Waals surface area (Å²) in [6, 6.07) is 7.70. The van der Waals surface area contributed by atoms with Crippen LogP contribution in [0, 0.1) is 6.92 Å². The van der Waals surface area contributed by atoms with Crippen LogP contribution in [0.25, 0.3) is 5.69 Å². The van der Waals surface area contributed by atoms with Crippen molar-refractivity contribution in [2.24, 2.45) is 7.05 Å². The van der Waals surface area contributed by atoms with Crippen molar-refractivity contribution in [3.05, 3.63) is 52.2 Å². The summed E-state index contributed by atoms with van der Waals surface area (Å²) in [5.41, 5.74) is 2.66. The molecule has 0 aliphatic heterocycles. The highest BCUT2D eigenvalue weighted by molar-refractivity contribution is 5.44. The third-order valence-corrected chi connectivity index (χ3v) is 3.21. The first-order valence-electron chi connectivity index (χ1n) is 6.01. The van der Waals surface area contributed by atoms with Gasteiger partial charge in [-0.15, -0.1) is 0 Å². The van der Waals surface area contributed by atoms with Gasteiger partial charge in [0, 0.05) is 31.5 Å². The Hall–Kier alpha value is -1.81. The smallest absolute Gasteiger partial charge is 0.332 e. The predicted molar refractivity (Wildman–Crippen MR) is 71.2 cm³/mol. The molecule has 0 amide bonds. The van der Waals surface area contributed by atoms with Crippen LogP contribution >= 0.6 is 0 Å². The van der Waals surface area contributed by atoms with Crippen LogP contribution in [-0.4, -0.2) is 20.8 Å². The molecule has 1 aromatic heterocycles. The second-order valence-electron chi connectivity index (χ2n) is 4.64. The summed E-state index contributed by atoms with van der Waals surface area (Å²) >= 11 is 0. The van der Waals surface area contributed by atoms with Gasteiger partial charge < -0.3 is 9.67 Å². The Bertz CT molecular complexity index is 610. The molecule has 0 spiro atoms. The van der Waals surface area contributed by atoms with E-state index in [1.54, 1.807) is 16.2 Å². The molecule has 0 saturated carbocycles. The highest BCUT2D eigenvalue weighted by Crippen LogP contribution is 2.22. The van der Waals surface area contributed by atoms with Crippen LogP contribution in [0.15, 0.2) is 35.3 Å². The summed E-state index contributed by atoms with van der Waals surface area (Å²) in [4.78, 5) is 12.1. The SMILES string of the molecule is Cc1cn(C)c(=O)n1-c1ccccc1C(C)CO. The number of imidazole rings is 1. The van der Waals surface area contributed by atoms with Gasteiger partial charge in [-0.1, -0.05) is 25.1 Å². The Balaban J connectivity index is 2.68. The summed E-state index contributed by atoms with van der Waals surface area (Å²) < 4.78 is 3.25. The van der Waals surface area contributed by atoms with Gasteiger partial charge in [-0.05, 0) is 18.6 Å². The molecule has 0 saturated heterocycles. The first-order chi connectivity index (χ1) is 8.56. The minimum atomic E-state index is -0.0647. The fourth-order valence-electron chi connectivity index (χ4n) is 2.20. The van der Waals surface area contributed by atoms with Crippen molar-refractivity contribution in [3.63, 3.8) is 0 Å². The Labute approximate surface area is 106 Å². The van der Waals surface area contributed by atoms with Gasteiger partial charge in [0.05, 0.1) is 5.69 Å². The Kier molecular flexibility index (Phi) is 3.39. The van der Waals surface area contributed by atoms with Gasteiger partial charge in [0.25, 0.3) is 0 Å². The number of benzene rings is 1. The second kappa shape index (κ2) is 4.82. The predicted octanol–water partition coefficient (Wildman–Crippen LogP) is 1.58. The highest BCUT2D eigenvalue weighted by atomic mass is 16.3. The van der Waals surface area contributed by atoms with Crippen LogP contribution in [0.1, 0.15) is 24.1 Å². The molecule has 1 heterocycles. The average molecular weight is 246 g/mol. The van der Waals surface area contributed by atoms with Crippen LogP contribution in [-0.2, 0) is 7.05 Å². The van der Waals surface area contributed by atoms with Crippen LogP contribution in [0.5, 0.6) is 0 Å². The minimum absolute atomic E-state index is 0.00714. The highest BCUT2D eigenvalue weighted by Gasteiger charge is 2.14. The Morgan fingerprint density at radius 2 is 2.00 bits per heavy atom. The third-order valence-electron chi connectivity index (χ3n) is 3.21. The largest absolute Gasteiger partial charge is 0.396 e. The topological polar surface area (TPSA) is 47.2 Å². The summed E-state index contributed by atoms with van der Waals surface area (Å²) in [7, 11) is 1.74. The molecule has 4 nitrogen and oxygen atoms in total. The monoisotopic (exact) mass is 246 g/mol. The molecule has 0 radical (unpaired) electrons. The first-order valence-corrected chi connectivity index (χ1v) is 6.01. The number of aliphatic hydroxyl groups excluding tert-OH is 1. The van der Waals surface area contributed by atoms with E-state index in [0.717, 1.165) is 16.9 Å². The van der Waals surface area contributed by atoms with E-state index in [0.29, 0.717) is 0 Å². The molecule has 1 N–H and O–H groups in total. The van der Waals surface area contributed by atoms with Crippen LogP contribution in [0.4, 0.5) is 0 Å². The number of rotatable bonds is 3. The molecule has 0 aliphatic rings. The number of aromatic nitrogens is 2. The van der Waals surface area contributed by atoms with E-state index in [1.165, 1.54) is 0 Å². The maximum Gasteiger partial charge on any atom is 0.332 e. The summed E-state index contributed by atoms with van der Waals surface area (Å²) in [5, 5.41) is 9.31. The summed E-state index contributed by atoms with van der Waals surface area (Å²) in [6.07, 6.45) is 1.81. The lowest BCUT2D eigenvalue weighted by atomic mass is 10.00. The third kappa shape index (κ3) is 1.99. The number of aryl methyl sites for hydroxylation is 2. The minimum Gasteiger partial charge on any atom is -0.396 e. The van der Waals surface area contributed by atoms with Crippen molar-refractivity contribution in [2.75, 3.05) is 6.61 Å². The molecule has 0 aliphatic carbocycles. The lowest BCUT2D eigenvalue weighted by molar-refractivity contribution is 0.273. The van der Waals surface area contributed by atoms with E-state index in [2.05, 4.69) is 0 Å².